The van der Waals surface area contributed by atoms with Crippen molar-refractivity contribution in [2.45, 2.75) is 0 Å². The lowest BCUT2D eigenvalue weighted by molar-refractivity contribution is -0.385. The van der Waals surface area contributed by atoms with E-state index in [0.29, 0.717) is 47.4 Å². The molecule has 0 aliphatic carbocycles. The second kappa shape index (κ2) is 10.5. The largest absolute Gasteiger partial charge is 0.368 e. The quantitative estimate of drug-likeness (QED) is 0.220. The number of rotatable bonds is 8. The normalized spacial score (nSPS) is 10.1. The van der Waals surface area contributed by atoms with Crippen molar-refractivity contribution >= 4 is 17.5 Å². The van der Waals surface area contributed by atoms with Gasteiger partial charge in [-0.3, -0.25) is 10.1 Å². The third-order valence-electron chi connectivity index (χ3n) is 5.02. The van der Waals surface area contributed by atoms with Crippen LogP contribution in [-0.2, 0) is 0 Å². The zero-order valence-electron chi connectivity index (χ0n) is 18.3. The highest BCUT2D eigenvalue weighted by atomic mass is 16.6. The molecule has 0 aliphatic heterocycles. The van der Waals surface area contributed by atoms with Crippen molar-refractivity contribution in [3.8, 4) is 34.7 Å². The Morgan fingerprint density at radius 2 is 1.34 bits per heavy atom. The number of benzene rings is 2. The van der Waals surface area contributed by atoms with E-state index in [4.69, 9.17) is 10.5 Å². The lowest BCUT2D eigenvalue weighted by atomic mass is 10.1. The zero-order valence-corrected chi connectivity index (χ0v) is 18.3. The first-order valence-corrected chi connectivity index (χ1v) is 10.5. The number of nitrogens with zero attached hydrogens (tertiary/aromatic N) is 6. The second-order valence-electron chi connectivity index (χ2n) is 7.35. The average molecular weight is 462 g/mol. The van der Waals surface area contributed by atoms with Gasteiger partial charge in [0.1, 0.15) is 12.0 Å². The van der Waals surface area contributed by atoms with Gasteiger partial charge < -0.3 is 10.6 Å². The van der Waals surface area contributed by atoms with Crippen molar-refractivity contribution in [1.82, 2.24) is 15.0 Å². The third-order valence-corrected chi connectivity index (χ3v) is 5.02. The van der Waals surface area contributed by atoms with Crippen molar-refractivity contribution in [2.24, 2.45) is 0 Å². The monoisotopic (exact) mass is 462 g/mol. The molecule has 170 valence electrons. The Bertz CT molecular complexity index is 1350. The van der Waals surface area contributed by atoms with E-state index in [1.165, 1.54) is 12.3 Å². The van der Waals surface area contributed by atoms with E-state index in [2.05, 4.69) is 37.7 Å². The molecule has 4 aromatic rings. The van der Waals surface area contributed by atoms with E-state index < -0.39 is 4.92 Å². The predicted molar refractivity (Wildman–Crippen MR) is 130 cm³/mol. The van der Waals surface area contributed by atoms with E-state index in [1.807, 2.05) is 30.3 Å². The molecule has 0 radical (unpaired) electrons. The molecule has 0 atom stereocenters. The highest BCUT2D eigenvalue weighted by Gasteiger charge is 2.10. The highest BCUT2D eigenvalue weighted by molar-refractivity contribution is 5.70. The number of nitro groups is 1. The topological polar surface area (TPSA) is 153 Å². The maximum absolute atomic E-state index is 10.7. The zero-order chi connectivity index (χ0) is 24.6. The van der Waals surface area contributed by atoms with Gasteiger partial charge >= 0.3 is 0 Å². The summed E-state index contributed by atoms with van der Waals surface area (Å²) in [6.07, 6.45) is 1.20. The first-order chi connectivity index (χ1) is 17.1. The minimum Gasteiger partial charge on any atom is -0.368 e. The molecule has 35 heavy (non-hydrogen) atoms. The Morgan fingerprint density at radius 1 is 0.800 bits per heavy atom. The van der Waals surface area contributed by atoms with Gasteiger partial charge in [-0.05, 0) is 36.4 Å². The molecule has 2 aromatic heterocycles. The summed E-state index contributed by atoms with van der Waals surface area (Å²) >= 11 is 0. The molecule has 2 aromatic carbocycles. The molecule has 0 saturated carbocycles. The maximum Gasteiger partial charge on any atom is 0.287 e. The Kier molecular flexibility index (Phi) is 6.86. The maximum atomic E-state index is 10.7. The average Bonchev–Trinajstić information content (AvgIpc) is 2.91. The molecule has 2 N–H and O–H groups in total. The number of anilines is 2. The van der Waals surface area contributed by atoms with Gasteiger partial charge in [0, 0.05) is 30.3 Å². The van der Waals surface area contributed by atoms with E-state index in [-0.39, 0.29) is 5.69 Å². The Balaban J connectivity index is 1.53. The fraction of sp³-hybridized carbons (Fsp3) is 0.0800. The Hall–Kier alpha value is -5.35. The fourth-order valence-corrected chi connectivity index (χ4v) is 3.22. The number of hydrogen-bond acceptors (Lipinski definition) is 9. The van der Waals surface area contributed by atoms with Crippen LogP contribution in [0.2, 0.25) is 0 Å². The van der Waals surface area contributed by atoms with Gasteiger partial charge in [0.05, 0.1) is 39.6 Å². The summed E-state index contributed by atoms with van der Waals surface area (Å²) in [6.45, 7) is 0.934. The van der Waals surface area contributed by atoms with Crippen LogP contribution in [0.5, 0.6) is 0 Å². The van der Waals surface area contributed by atoms with Gasteiger partial charge in [0.2, 0.25) is 5.95 Å². The second-order valence-corrected chi connectivity index (χ2v) is 7.35. The fourth-order valence-electron chi connectivity index (χ4n) is 3.22. The Labute approximate surface area is 200 Å². The van der Waals surface area contributed by atoms with Crippen LogP contribution in [0.25, 0.3) is 22.5 Å². The van der Waals surface area contributed by atoms with Crippen LogP contribution in [0.3, 0.4) is 0 Å². The number of pyridine rings is 1. The molecule has 10 heteroatoms. The summed E-state index contributed by atoms with van der Waals surface area (Å²) in [7, 11) is 0. The molecule has 4 rings (SSSR count). The Morgan fingerprint density at radius 3 is 1.80 bits per heavy atom. The predicted octanol–water partition coefficient (Wildman–Crippen LogP) is 4.38. The summed E-state index contributed by atoms with van der Waals surface area (Å²) in [5, 5.41) is 35.2. The van der Waals surface area contributed by atoms with Crippen LogP contribution < -0.4 is 10.6 Å². The molecule has 10 nitrogen and oxygen atoms in total. The molecule has 0 aliphatic rings. The molecule has 0 amide bonds. The van der Waals surface area contributed by atoms with E-state index in [9.17, 15) is 10.1 Å². The van der Waals surface area contributed by atoms with Crippen LogP contribution in [0, 0.1) is 32.8 Å². The lowest BCUT2D eigenvalue weighted by Gasteiger charge is -2.11. The van der Waals surface area contributed by atoms with Gasteiger partial charge in [0.25, 0.3) is 5.69 Å². The molecule has 0 spiro atoms. The SMILES string of the molecule is N#Cc1ccc(-c2cc(-c3ccc(C#N)cc3)nc(NCCNc3ccc([N+](=O)[O-])cn3)n2)cc1. The number of aromatic nitrogens is 3. The van der Waals surface area contributed by atoms with E-state index in [0.717, 1.165) is 11.1 Å². The summed E-state index contributed by atoms with van der Waals surface area (Å²) in [4.78, 5) is 23.5. The van der Waals surface area contributed by atoms with Crippen molar-refractivity contribution < 1.29 is 4.92 Å². The van der Waals surface area contributed by atoms with Crippen molar-refractivity contribution in [3.05, 3.63) is 94.2 Å². The summed E-state index contributed by atoms with van der Waals surface area (Å²) in [5.74, 6) is 0.924. The van der Waals surface area contributed by atoms with Crippen LogP contribution in [-0.4, -0.2) is 33.0 Å². The smallest absolute Gasteiger partial charge is 0.287 e. The summed E-state index contributed by atoms with van der Waals surface area (Å²) < 4.78 is 0. The first-order valence-electron chi connectivity index (χ1n) is 10.5. The van der Waals surface area contributed by atoms with E-state index >= 15 is 0 Å². The molecule has 0 fully saturated rings. The number of nitriles is 2. The van der Waals surface area contributed by atoms with Crippen molar-refractivity contribution in [2.75, 3.05) is 23.7 Å². The summed E-state index contributed by atoms with van der Waals surface area (Å²) in [5.41, 5.74) is 4.05. The van der Waals surface area contributed by atoms with Gasteiger partial charge in [-0.15, -0.1) is 0 Å². The third kappa shape index (κ3) is 5.72. The molecule has 0 saturated heterocycles. The minimum absolute atomic E-state index is 0.0722. The van der Waals surface area contributed by atoms with Gasteiger partial charge in [-0.25, -0.2) is 15.0 Å². The number of nitrogens with one attached hydrogen (secondary N) is 2. The molecule has 0 unspecified atom stereocenters. The standard InChI is InChI=1S/C25H18N8O2/c26-14-17-1-5-19(6-2-17)22-13-23(20-7-3-18(15-27)4-8-20)32-25(31-22)29-12-11-28-24-10-9-21(16-30-24)33(34)35/h1-10,13,16H,11-12H2,(H,28,30)(H,29,31,32). The molecule has 0 bridgehead atoms. The van der Waals surface area contributed by atoms with Crippen LogP contribution >= 0.6 is 0 Å². The highest BCUT2D eigenvalue weighted by Crippen LogP contribution is 2.26. The van der Waals surface area contributed by atoms with Gasteiger partial charge in [-0.2, -0.15) is 10.5 Å². The van der Waals surface area contributed by atoms with Crippen LogP contribution in [0.15, 0.2) is 72.9 Å². The van der Waals surface area contributed by atoms with Crippen LogP contribution in [0.4, 0.5) is 17.5 Å². The lowest BCUT2D eigenvalue weighted by Crippen LogP contribution is -2.16. The molecular weight excluding hydrogens is 444 g/mol. The first kappa shape index (κ1) is 22.8. The minimum atomic E-state index is -0.498. The van der Waals surface area contributed by atoms with Gasteiger partial charge in [-0.1, -0.05) is 24.3 Å². The summed E-state index contributed by atoms with van der Waals surface area (Å²) in [6, 6.07) is 23.2. The molecule has 2 heterocycles. The van der Waals surface area contributed by atoms with Crippen LogP contribution in [0.1, 0.15) is 11.1 Å². The molecular formula is C25H18N8O2. The number of hydrogen-bond donors (Lipinski definition) is 2. The van der Waals surface area contributed by atoms with Crippen molar-refractivity contribution in [1.29, 1.82) is 10.5 Å². The van der Waals surface area contributed by atoms with Gasteiger partial charge in [0.15, 0.2) is 0 Å². The van der Waals surface area contributed by atoms with E-state index in [1.54, 1.807) is 30.3 Å². The van der Waals surface area contributed by atoms with Crippen molar-refractivity contribution in [3.63, 3.8) is 0 Å².